The Hall–Kier alpha value is -3.85. The van der Waals surface area contributed by atoms with Crippen LogP contribution in [0.25, 0.3) is 16.3 Å². The molecule has 0 fully saturated rings. The number of aryl methyl sites for hydroxylation is 2. The molecule has 2 aromatic carbocycles. The summed E-state index contributed by atoms with van der Waals surface area (Å²) in [5, 5.41) is 20.9. The van der Waals surface area contributed by atoms with Crippen LogP contribution in [0, 0.1) is 24.0 Å². The minimum Gasteiger partial charge on any atom is -0.310 e. The second-order valence-electron chi connectivity index (χ2n) is 7.09. The Morgan fingerprint density at radius 1 is 1.13 bits per heavy atom. The molecule has 0 saturated heterocycles. The molecule has 0 radical (unpaired) electrons. The zero-order valence-electron chi connectivity index (χ0n) is 16.9. The number of hydrogen-bond acceptors (Lipinski definition) is 6. The van der Waals surface area contributed by atoms with E-state index in [9.17, 15) is 14.9 Å². The highest BCUT2D eigenvalue weighted by Crippen LogP contribution is 2.25. The number of amides is 1. The van der Waals surface area contributed by atoms with Crippen molar-refractivity contribution in [2.75, 3.05) is 5.32 Å². The van der Waals surface area contributed by atoms with Gasteiger partial charge in [0.05, 0.1) is 28.4 Å². The van der Waals surface area contributed by atoms with Gasteiger partial charge < -0.3 is 5.32 Å². The molecule has 2 heterocycles. The minimum atomic E-state index is -0.459. The maximum atomic E-state index is 12.6. The lowest BCUT2D eigenvalue weighted by Crippen LogP contribution is -2.17. The largest absolute Gasteiger partial charge is 0.310 e. The van der Waals surface area contributed by atoms with Crippen molar-refractivity contribution in [3.8, 4) is 16.3 Å². The molecule has 0 aliphatic rings. The van der Waals surface area contributed by atoms with Gasteiger partial charge in [-0.05, 0) is 26.0 Å². The molecule has 0 aliphatic carbocycles. The number of nitro benzene ring substituents is 1. The average Bonchev–Trinajstić information content (AvgIpc) is 3.35. The van der Waals surface area contributed by atoms with Crippen molar-refractivity contribution in [1.82, 2.24) is 14.8 Å². The van der Waals surface area contributed by atoms with Crippen LogP contribution in [0.15, 0.2) is 60.0 Å². The van der Waals surface area contributed by atoms with E-state index in [1.165, 1.54) is 29.0 Å². The first-order valence-electron chi connectivity index (χ1n) is 9.52. The Morgan fingerprint density at radius 3 is 2.52 bits per heavy atom. The molecule has 0 aliphatic heterocycles. The summed E-state index contributed by atoms with van der Waals surface area (Å²) < 4.78 is 1.55. The zero-order chi connectivity index (χ0) is 22.0. The topological polar surface area (TPSA) is 103 Å². The maximum Gasteiger partial charge on any atom is 0.269 e. The summed E-state index contributed by atoms with van der Waals surface area (Å²) in [5.74, 6) is 0.272. The summed E-state index contributed by atoms with van der Waals surface area (Å²) >= 11 is 1.50. The summed E-state index contributed by atoms with van der Waals surface area (Å²) in [6.07, 6.45) is 0.132. The quantitative estimate of drug-likeness (QED) is 0.351. The van der Waals surface area contributed by atoms with E-state index in [0.29, 0.717) is 22.9 Å². The van der Waals surface area contributed by atoms with Crippen LogP contribution in [0.1, 0.15) is 17.0 Å². The molecular formula is C22H19N5O3S. The molecule has 31 heavy (non-hydrogen) atoms. The van der Waals surface area contributed by atoms with Gasteiger partial charge in [-0.3, -0.25) is 14.9 Å². The number of benzene rings is 2. The van der Waals surface area contributed by atoms with Crippen LogP contribution < -0.4 is 5.32 Å². The van der Waals surface area contributed by atoms with Crippen LogP contribution >= 0.6 is 11.3 Å². The van der Waals surface area contributed by atoms with Gasteiger partial charge in [0.1, 0.15) is 10.8 Å². The Bertz CT molecular complexity index is 1240. The molecule has 156 valence electrons. The smallest absolute Gasteiger partial charge is 0.269 e. The number of nitrogens with one attached hydrogen (secondary N) is 1. The first-order chi connectivity index (χ1) is 14.9. The summed E-state index contributed by atoms with van der Waals surface area (Å²) in [5.41, 5.74) is 4.21. The fraction of sp³-hybridized carbons (Fsp3) is 0.136. The normalized spacial score (nSPS) is 10.8. The molecule has 9 heteroatoms. The molecule has 0 spiro atoms. The third-order valence-corrected chi connectivity index (χ3v) is 5.54. The lowest BCUT2D eigenvalue weighted by atomic mass is 10.2. The Balaban J connectivity index is 1.48. The fourth-order valence-corrected chi connectivity index (χ4v) is 3.90. The lowest BCUT2D eigenvalue weighted by molar-refractivity contribution is -0.384. The Morgan fingerprint density at radius 2 is 1.84 bits per heavy atom. The van der Waals surface area contributed by atoms with E-state index in [2.05, 4.69) is 15.4 Å². The van der Waals surface area contributed by atoms with Crippen molar-refractivity contribution >= 4 is 28.7 Å². The van der Waals surface area contributed by atoms with Crippen molar-refractivity contribution in [2.24, 2.45) is 0 Å². The summed E-state index contributed by atoms with van der Waals surface area (Å²) in [6.45, 7) is 3.84. The van der Waals surface area contributed by atoms with Gasteiger partial charge in [-0.2, -0.15) is 5.10 Å². The van der Waals surface area contributed by atoms with Gasteiger partial charge in [0, 0.05) is 29.1 Å². The molecule has 2 aromatic heterocycles. The van der Waals surface area contributed by atoms with Crippen LogP contribution in [0.4, 0.5) is 11.5 Å². The van der Waals surface area contributed by atoms with Crippen LogP contribution in [-0.4, -0.2) is 25.6 Å². The van der Waals surface area contributed by atoms with E-state index in [1.807, 2.05) is 43.5 Å². The number of thiazole rings is 1. The summed E-state index contributed by atoms with van der Waals surface area (Å²) in [6, 6.07) is 15.8. The van der Waals surface area contributed by atoms with E-state index in [1.54, 1.807) is 22.9 Å². The van der Waals surface area contributed by atoms with E-state index in [0.717, 1.165) is 10.6 Å². The van der Waals surface area contributed by atoms with Crippen LogP contribution in [0.5, 0.6) is 0 Å². The van der Waals surface area contributed by atoms with Gasteiger partial charge in [-0.25, -0.2) is 9.67 Å². The predicted octanol–water partition coefficient (Wildman–Crippen LogP) is 4.70. The first kappa shape index (κ1) is 20.4. The highest BCUT2D eigenvalue weighted by atomic mass is 32.1. The van der Waals surface area contributed by atoms with Crippen LogP contribution in [0.2, 0.25) is 0 Å². The number of nitrogens with zero attached hydrogens (tertiary/aromatic N) is 4. The summed E-state index contributed by atoms with van der Waals surface area (Å²) in [7, 11) is 0. The third-order valence-electron chi connectivity index (χ3n) is 4.60. The molecule has 1 amide bonds. The number of rotatable bonds is 6. The van der Waals surface area contributed by atoms with Crippen LogP contribution in [0.3, 0.4) is 0 Å². The molecule has 1 N–H and O–H groups in total. The Kier molecular flexibility index (Phi) is 5.59. The average molecular weight is 433 g/mol. The van der Waals surface area contributed by atoms with E-state index >= 15 is 0 Å². The highest BCUT2D eigenvalue weighted by molar-refractivity contribution is 7.13. The van der Waals surface area contributed by atoms with Crippen molar-refractivity contribution in [3.63, 3.8) is 0 Å². The number of carbonyl (C=O) groups is 1. The lowest BCUT2D eigenvalue weighted by Gasteiger charge is -2.08. The van der Waals surface area contributed by atoms with Gasteiger partial charge in [0.15, 0.2) is 0 Å². The number of non-ortho nitro benzene ring substituents is 1. The van der Waals surface area contributed by atoms with Gasteiger partial charge in [-0.1, -0.05) is 29.8 Å². The number of anilines is 1. The molecule has 4 rings (SSSR count). The van der Waals surface area contributed by atoms with Crippen molar-refractivity contribution in [3.05, 3.63) is 87.0 Å². The second-order valence-corrected chi connectivity index (χ2v) is 7.95. The third kappa shape index (κ3) is 4.67. The minimum absolute atomic E-state index is 0.00822. The van der Waals surface area contributed by atoms with Crippen molar-refractivity contribution in [1.29, 1.82) is 0 Å². The number of hydrogen-bond donors (Lipinski definition) is 1. The number of aromatic nitrogens is 3. The van der Waals surface area contributed by atoms with Gasteiger partial charge in [0.25, 0.3) is 5.69 Å². The molecule has 4 aromatic rings. The van der Waals surface area contributed by atoms with Gasteiger partial charge in [0.2, 0.25) is 5.91 Å². The summed E-state index contributed by atoms with van der Waals surface area (Å²) in [4.78, 5) is 27.6. The second kappa shape index (κ2) is 8.49. The van der Waals surface area contributed by atoms with Gasteiger partial charge >= 0.3 is 0 Å². The Labute approximate surface area is 182 Å². The SMILES string of the molecule is Cc1ccc(-c2nc(CC(=O)Nc3cc(C)nn3-c3ccc([N+](=O)[O-])cc3)cs2)cc1. The van der Waals surface area contributed by atoms with Gasteiger partial charge in [-0.15, -0.1) is 11.3 Å². The number of nitro groups is 1. The van der Waals surface area contributed by atoms with E-state index in [4.69, 9.17) is 0 Å². The molecular weight excluding hydrogens is 414 g/mol. The first-order valence-corrected chi connectivity index (χ1v) is 10.4. The molecule has 0 unspecified atom stereocenters. The molecule has 0 saturated carbocycles. The fourth-order valence-electron chi connectivity index (χ4n) is 3.07. The van der Waals surface area contributed by atoms with Crippen molar-refractivity contribution in [2.45, 2.75) is 20.3 Å². The monoisotopic (exact) mass is 433 g/mol. The zero-order valence-corrected chi connectivity index (χ0v) is 17.7. The van der Waals surface area contributed by atoms with E-state index < -0.39 is 4.92 Å². The van der Waals surface area contributed by atoms with E-state index in [-0.39, 0.29) is 18.0 Å². The molecule has 8 nitrogen and oxygen atoms in total. The predicted molar refractivity (Wildman–Crippen MR) is 120 cm³/mol. The molecule has 0 atom stereocenters. The van der Waals surface area contributed by atoms with Crippen LogP contribution in [-0.2, 0) is 11.2 Å². The highest BCUT2D eigenvalue weighted by Gasteiger charge is 2.14. The molecule has 0 bridgehead atoms. The maximum absolute atomic E-state index is 12.6. The van der Waals surface area contributed by atoms with Crippen molar-refractivity contribution < 1.29 is 9.72 Å². The standard InChI is InChI=1S/C22H19N5O3S/c1-14-3-5-16(6-4-14)22-23-17(13-31-22)12-21(28)24-20-11-15(2)25-26(20)18-7-9-19(10-8-18)27(29)30/h3-11,13H,12H2,1-2H3,(H,24,28). The number of carbonyl (C=O) groups excluding carboxylic acids is 1.